The molecule has 0 atom stereocenters. The molecule has 0 radical (unpaired) electrons. The van der Waals surface area contributed by atoms with Crippen molar-refractivity contribution in [3.8, 4) is 0 Å². The molecule has 2 amide bonds. The molecule has 5 nitrogen and oxygen atoms in total. The third-order valence-corrected chi connectivity index (χ3v) is 3.51. The van der Waals surface area contributed by atoms with Crippen molar-refractivity contribution in [2.75, 3.05) is 26.2 Å². The van der Waals surface area contributed by atoms with Gasteiger partial charge in [0.2, 0.25) is 11.8 Å². The Morgan fingerprint density at radius 3 is 2.33 bits per heavy atom. The van der Waals surface area contributed by atoms with Gasteiger partial charge >= 0.3 is 0 Å². The predicted molar refractivity (Wildman–Crippen MR) is 82.9 cm³/mol. The van der Waals surface area contributed by atoms with Gasteiger partial charge in [-0.2, -0.15) is 0 Å². The molecule has 0 bridgehead atoms. The Hall–Kier alpha value is -1.36. The summed E-state index contributed by atoms with van der Waals surface area (Å²) in [6.07, 6.45) is 3.17. The first-order chi connectivity index (χ1) is 9.76. The van der Waals surface area contributed by atoms with Crippen LogP contribution in [0.25, 0.3) is 0 Å². The highest BCUT2D eigenvalue weighted by molar-refractivity contribution is 5.90. The van der Waals surface area contributed by atoms with Crippen LogP contribution in [0.1, 0.15) is 40.5 Å². The van der Waals surface area contributed by atoms with Gasteiger partial charge in [0.25, 0.3) is 0 Å². The highest BCUT2D eigenvalue weighted by atomic mass is 16.5. The van der Waals surface area contributed by atoms with E-state index in [1.165, 1.54) is 11.0 Å². The van der Waals surface area contributed by atoms with Crippen LogP contribution in [0, 0.1) is 0 Å². The van der Waals surface area contributed by atoms with E-state index >= 15 is 0 Å². The van der Waals surface area contributed by atoms with Gasteiger partial charge in [-0.25, -0.2) is 0 Å². The monoisotopic (exact) mass is 296 g/mol. The number of hydrogen-bond acceptors (Lipinski definition) is 3. The van der Waals surface area contributed by atoms with Gasteiger partial charge in [-0.15, -0.1) is 0 Å². The van der Waals surface area contributed by atoms with Crippen LogP contribution in [0.15, 0.2) is 12.7 Å². The minimum Gasteiger partial charge on any atom is -0.372 e. The van der Waals surface area contributed by atoms with Gasteiger partial charge in [-0.3, -0.25) is 9.59 Å². The van der Waals surface area contributed by atoms with Crippen molar-refractivity contribution in [2.45, 2.75) is 52.2 Å². The van der Waals surface area contributed by atoms with E-state index < -0.39 is 0 Å². The van der Waals surface area contributed by atoms with Gasteiger partial charge in [-0.1, -0.05) is 6.58 Å². The van der Waals surface area contributed by atoms with E-state index in [-0.39, 0.29) is 30.1 Å². The van der Waals surface area contributed by atoms with Gasteiger partial charge in [0.1, 0.15) is 0 Å². The zero-order valence-electron chi connectivity index (χ0n) is 13.7. The lowest BCUT2D eigenvalue weighted by molar-refractivity contribution is -0.141. The molecule has 0 aromatic carbocycles. The Morgan fingerprint density at radius 1 is 1.33 bits per heavy atom. The molecule has 21 heavy (non-hydrogen) atoms. The van der Waals surface area contributed by atoms with E-state index in [0.29, 0.717) is 19.6 Å². The summed E-state index contributed by atoms with van der Waals surface area (Å²) in [5.74, 6) is -0.196. The van der Waals surface area contributed by atoms with E-state index in [0.717, 1.165) is 12.8 Å². The van der Waals surface area contributed by atoms with E-state index in [2.05, 4.69) is 6.58 Å². The van der Waals surface area contributed by atoms with Crippen LogP contribution in [-0.4, -0.2) is 59.5 Å². The fourth-order valence-electron chi connectivity index (χ4n) is 2.46. The van der Waals surface area contributed by atoms with Crippen LogP contribution in [-0.2, 0) is 14.3 Å². The number of likely N-dealkylation sites (tertiary alicyclic amines) is 1. The highest BCUT2D eigenvalue weighted by Crippen LogP contribution is 2.20. The first-order valence-corrected chi connectivity index (χ1v) is 7.63. The minimum absolute atomic E-state index is 0.00117. The Bertz CT molecular complexity index is 379. The fraction of sp³-hybridized carbons (Fsp3) is 0.750. The second-order valence-corrected chi connectivity index (χ2v) is 6.37. The first-order valence-electron chi connectivity index (χ1n) is 7.63. The second kappa shape index (κ2) is 7.59. The van der Waals surface area contributed by atoms with Crippen LogP contribution in [0.3, 0.4) is 0 Å². The summed E-state index contributed by atoms with van der Waals surface area (Å²) in [5.41, 5.74) is -0.147. The van der Waals surface area contributed by atoms with Crippen molar-refractivity contribution in [3.63, 3.8) is 0 Å². The van der Waals surface area contributed by atoms with Gasteiger partial charge < -0.3 is 14.5 Å². The number of ether oxygens (including phenoxy) is 1. The predicted octanol–water partition coefficient (Wildman–Crippen LogP) is 1.83. The molecule has 0 aliphatic carbocycles. The van der Waals surface area contributed by atoms with Crippen molar-refractivity contribution in [1.82, 2.24) is 9.80 Å². The summed E-state index contributed by atoms with van der Waals surface area (Å²) in [6, 6.07) is 0. The Kier molecular flexibility index (Phi) is 6.40. The molecular weight excluding hydrogens is 268 g/mol. The zero-order chi connectivity index (χ0) is 16.0. The largest absolute Gasteiger partial charge is 0.372 e. The third kappa shape index (κ3) is 5.87. The molecule has 120 valence electrons. The average molecular weight is 296 g/mol. The van der Waals surface area contributed by atoms with Crippen molar-refractivity contribution in [1.29, 1.82) is 0 Å². The zero-order valence-corrected chi connectivity index (χ0v) is 13.7. The number of rotatable bonds is 5. The van der Waals surface area contributed by atoms with Crippen molar-refractivity contribution >= 4 is 11.8 Å². The summed E-state index contributed by atoms with van der Waals surface area (Å²) >= 11 is 0. The molecule has 0 saturated carbocycles. The Morgan fingerprint density at radius 2 is 1.90 bits per heavy atom. The van der Waals surface area contributed by atoms with E-state index in [1.807, 2.05) is 32.6 Å². The molecular formula is C16H28N2O3. The number of carbonyl (C=O) groups is 2. The van der Waals surface area contributed by atoms with Crippen LogP contribution in [0.2, 0.25) is 0 Å². The summed E-state index contributed by atoms with van der Waals surface area (Å²) in [4.78, 5) is 27.2. The van der Waals surface area contributed by atoms with Gasteiger partial charge in [0, 0.05) is 19.6 Å². The normalized spacial score (nSPS) is 16.7. The molecule has 0 spiro atoms. The molecule has 1 aliphatic rings. The summed E-state index contributed by atoms with van der Waals surface area (Å²) in [5, 5.41) is 0. The molecule has 1 fully saturated rings. The van der Waals surface area contributed by atoms with Gasteiger partial charge in [0.15, 0.2) is 0 Å². The molecule has 1 aliphatic heterocycles. The molecule has 1 saturated heterocycles. The minimum atomic E-state index is -0.197. The highest BCUT2D eigenvalue weighted by Gasteiger charge is 2.27. The van der Waals surface area contributed by atoms with Crippen LogP contribution < -0.4 is 0 Å². The van der Waals surface area contributed by atoms with Gasteiger partial charge in [0.05, 0.1) is 18.2 Å². The lowest BCUT2D eigenvalue weighted by Gasteiger charge is -2.36. The topological polar surface area (TPSA) is 49.9 Å². The average Bonchev–Trinajstić information content (AvgIpc) is 2.42. The van der Waals surface area contributed by atoms with Crippen LogP contribution in [0.4, 0.5) is 0 Å². The first kappa shape index (κ1) is 17.7. The van der Waals surface area contributed by atoms with Crippen LogP contribution in [0.5, 0.6) is 0 Å². The Balaban J connectivity index is 2.44. The number of hydrogen-bond donors (Lipinski definition) is 0. The maximum atomic E-state index is 12.2. The molecule has 0 aromatic heterocycles. The lowest BCUT2D eigenvalue weighted by atomic mass is 10.1. The van der Waals surface area contributed by atoms with E-state index in [9.17, 15) is 9.59 Å². The van der Waals surface area contributed by atoms with Crippen molar-refractivity contribution in [2.24, 2.45) is 0 Å². The smallest absolute Gasteiger partial charge is 0.246 e. The van der Waals surface area contributed by atoms with E-state index in [1.54, 1.807) is 0 Å². The van der Waals surface area contributed by atoms with Crippen molar-refractivity contribution in [3.05, 3.63) is 12.7 Å². The molecule has 5 heteroatoms. The Labute approximate surface area is 127 Å². The number of piperidine rings is 1. The molecule has 0 unspecified atom stereocenters. The molecule has 0 aromatic rings. The maximum absolute atomic E-state index is 12.2. The number of amides is 2. The summed E-state index contributed by atoms with van der Waals surface area (Å²) in [6.45, 7) is 13.5. The van der Waals surface area contributed by atoms with E-state index in [4.69, 9.17) is 4.74 Å². The number of carbonyl (C=O) groups excluding carboxylic acids is 2. The molecule has 1 rings (SSSR count). The SMILES string of the molecule is C=CC(=O)N(CC)CC(=O)N1CCC(OC(C)(C)C)CC1. The van der Waals surface area contributed by atoms with Crippen molar-refractivity contribution < 1.29 is 14.3 Å². The molecule has 1 heterocycles. The fourth-order valence-corrected chi connectivity index (χ4v) is 2.46. The third-order valence-electron chi connectivity index (χ3n) is 3.51. The number of nitrogens with zero attached hydrogens (tertiary/aromatic N) is 2. The summed E-state index contributed by atoms with van der Waals surface area (Å²) in [7, 11) is 0. The maximum Gasteiger partial charge on any atom is 0.246 e. The quantitative estimate of drug-likeness (QED) is 0.727. The number of likely N-dealkylation sites (N-methyl/N-ethyl adjacent to an activating group) is 1. The standard InChI is InChI=1S/C16H28N2O3/c1-6-14(19)17(7-2)12-15(20)18-10-8-13(9-11-18)21-16(3,4)5/h6,13H,1,7-12H2,2-5H3. The van der Waals surface area contributed by atoms with Gasteiger partial charge in [-0.05, 0) is 46.6 Å². The van der Waals surface area contributed by atoms with Crippen LogP contribution >= 0.6 is 0 Å². The molecule has 0 N–H and O–H groups in total. The lowest BCUT2D eigenvalue weighted by Crippen LogP contribution is -2.47. The second-order valence-electron chi connectivity index (χ2n) is 6.37. The summed E-state index contributed by atoms with van der Waals surface area (Å²) < 4.78 is 5.95.